The molecule has 2 aromatic carbocycles. The Kier molecular flexibility index (Phi) is 6.39. The first-order valence-corrected chi connectivity index (χ1v) is 8.65. The van der Waals surface area contributed by atoms with Crippen LogP contribution in [0, 0.1) is 20.8 Å². The summed E-state index contributed by atoms with van der Waals surface area (Å²) >= 11 is 0. The van der Waals surface area contributed by atoms with Crippen molar-refractivity contribution >= 4 is 17.6 Å². The zero-order valence-corrected chi connectivity index (χ0v) is 15.9. The Labute approximate surface area is 154 Å². The largest absolute Gasteiger partial charge is 0.481 e. The van der Waals surface area contributed by atoms with Crippen molar-refractivity contribution in [2.45, 2.75) is 40.7 Å². The van der Waals surface area contributed by atoms with Crippen LogP contribution in [0.4, 0.5) is 5.69 Å². The fourth-order valence-corrected chi connectivity index (χ4v) is 2.58. The normalized spacial score (nSPS) is 11.6. The first kappa shape index (κ1) is 19.5. The molecule has 0 aliphatic heterocycles. The van der Waals surface area contributed by atoms with Crippen LogP contribution in [0.3, 0.4) is 0 Å². The molecule has 0 radical (unpaired) electrons. The van der Waals surface area contributed by atoms with E-state index in [-0.39, 0.29) is 12.5 Å². The van der Waals surface area contributed by atoms with Gasteiger partial charge in [0.15, 0.2) is 6.10 Å². The average Bonchev–Trinajstić information content (AvgIpc) is 2.59. The lowest BCUT2D eigenvalue weighted by Crippen LogP contribution is -2.31. The molecule has 1 amide bonds. The number of nitrogens with one attached hydrogen (secondary N) is 1. The van der Waals surface area contributed by atoms with Gasteiger partial charge in [-0.05, 0) is 69.5 Å². The third-order valence-corrected chi connectivity index (χ3v) is 4.12. The fourth-order valence-electron chi connectivity index (χ4n) is 2.58. The summed E-state index contributed by atoms with van der Waals surface area (Å²) in [7, 11) is 0. The maximum Gasteiger partial charge on any atom is 0.340 e. The van der Waals surface area contributed by atoms with E-state index in [2.05, 4.69) is 11.4 Å². The molecule has 1 atom stereocenters. The van der Waals surface area contributed by atoms with Crippen molar-refractivity contribution in [3.05, 3.63) is 58.7 Å². The molecule has 5 nitrogen and oxygen atoms in total. The Hall–Kier alpha value is -2.82. The highest BCUT2D eigenvalue weighted by Gasteiger charge is 2.20. The zero-order chi connectivity index (χ0) is 19.3. The first-order chi connectivity index (χ1) is 12.3. The topological polar surface area (TPSA) is 64.6 Å². The molecule has 138 valence electrons. The van der Waals surface area contributed by atoms with E-state index in [1.54, 1.807) is 38.1 Å². The highest BCUT2D eigenvalue weighted by molar-refractivity contribution is 6.02. The van der Waals surface area contributed by atoms with Crippen molar-refractivity contribution in [2.75, 3.05) is 11.9 Å². The molecule has 2 aromatic rings. The second-order valence-electron chi connectivity index (χ2n) is 6.22. The van der Waals surface area contributed by atoms with E-state index in [0.717, 1.165) is 16.7 Å². The van der Waals surface area contributed by atoms with Crippen LogP contribution >= 0.6 is 0 Å². The van der Waals surface area contributed by atoms with E-state index >= 15 is 0 Å². The number of anilines is 1. The maximum absolute atomic E-state index is 12.5. The molecule has 0 saturated carbocycles. The SMILES string of the molecule is CCOC(=O)c1ccccc1NC(=O)[C@@H](C)Oc1cc(C)cc(C)c1C. The highest BCUT2D eigenvalue weighted by Crippen LogP contribution is 2.25. The van der Waals surface area contributed by atoms with Crippen molar-refractivity contribution in [1.29, 1.82) is 0 Å². The number of ether oxygens (including phenoxy) is 2. The molecule has 26 heavy (non-hydrogen) atoms. The Morgan fingerprint density at radius 1 is 1.12 bits per heavy atom. The monoisotopic (exact) mass is 355 g/mol. The van der Waals surface area contributed by atoms with Crippen LogP contribution in [0.15, 0.2) is 36.4 Å². The molecule has 0 spiro atoms. The summed E-state index contributed by atoms with van der Waals surface area (Å²) < 4.78 is 10.9. The molecular formula is C21H25NO4. The Morgan fingerprint density at radius 2 is 1.81 bits per heavy atom. The van der Waals surface area contributed by atoms with Gasteiger partial charge >= 0.3 is 5.97 Å². The van der Waals surface area contributed by atoms with Gasteiger partial charge in [0.05, 0.1) is 17.9 Å². The summed E-state index contributed by atoms with van der Waals surface area (Å²) in [4.78, 5) is 24.6. The van der Waals surface area contributed by atoms with Crippen molar-refractivity contribution in [1.82, 2.24) is 0 Å². The number of hydrogen-bond donors (Lipinski definition) is 1. The molecule has 2 rings (SSSR count). The number of carbonyl (C=O) groups excluding carboxylic acids is 2. The molecular weight excluding hydrogens is 330 g/mol. The molecule has 0 saturated heterocycles. The van der Waals surface area contributed by atoms with Gasteiger partial charge in [-0.15, -0.1) is 0 Å². The minimum absolute atomic E-state index is 0.270. The Bertz CT molecular complexity index is 814. The molecule has 1 N–H and O–H groups in total. The number of amides is 1. The number of para-hydroxylation sites is 1. The van der Waals surface area contributed by atoms with Gasteiger partial charge in [0.1, 0.15) is 5.75 Å². The van der Waals surface area contributed by atoms with Gasteiger partial charge in [-0.2, -0.15) is 0 Å². The lowest BCUT2D eigenvalue weighted by molar-refractivity contribution is -0.122. The molecule has 0 bridgehead atoms. The summed E-state index contributed by atoms with van der Waals surface area (Å²) in [5.74, 6) is -0.119. The van der Waals surface area contributed by atoms with Crippen LogP contribution < -0.4 is 10.1 Å². The number of aryl methyl sites for hydroxylation is 2. The molecule has 0 aliphatic carbocycles. The summed E-state index contributed by atoms with van der Waals surface area (Å²) in [6, 6.07) is 10.7. The van der Waals surface area contributed by atoms with Crippen molar-refractivity contribution in [2.24, 2.45) is 0 Å². The number of hydrogen-bond acceptors (Lipinski definition) is 4. The average molecular weight is 355 g/mol. The van der Waals surface area contributed by atoms with Gasteiger partial charge in [-0.3, -0.25) is 4.79 Å². The molecule has 0 fully saturated rings. The van der Waals surface area contributed by atoms with E-state index in [1.807, 2.05) is 26.8 Å². The van der Waals surface area contributed by atoms with E-state index in [1.165, 1.54) is 0 Å². The quantitative estimate of drug-likeness (QED) is 0.789. The highest BCUT2D eigenvalue weighted by atomic mass is 16.5. The Balaban J connectivity index is 2.15. The molecule has 0 aromatic heterocycles. The van der Waals surface area contributed by atoms with Crippen LogP contribution in [0.2, 0.25) is 0 Å². The van der Waals surface area contributed by atoms with Gasteiger partial charge in [-0.1, -0.05) is 18.2 Å². The lowest BCUT2D eigenvalue weighted by atomic mass is 10.1. The molecule has 0 aliphatic rings. The van der Waals surface area contributed by atoms with Crippen molar-refractivity contribution in [3.63, 3.8) is 0 Å². The summed E-state index contributed by atoms with van der Waals surface area (Å²) in [6.45, 7) is 9.65. The van der Waals surface area contributed by atoms with Crippen LogP contribution in [-0.4, -0.2) is 24.6 Å². The van der Waals surface area contributed by atoms with Gasteiger partial charge in [-0.25, -0.2) is 4.79 Å². The van der Waals surface area contributed by atoms with Gasteiger partial charge in [0.2, 0.25) is 0 Å². The van der Waals surface area contributed by atoms with Crippen LogP contribution in [0.25, 0.3) is 0 Å². The first-order valence-electron chi connectivity index (χ1n) is 8.65. The van der Waals surface area contributed by atoms with E-state index in [4.69, 9.17) is 9.47 Å². The number of esters is 1. The molecule has 5 heteroatoms. The summed E-state index contributed by atoms with van der Waals surface area (Å²) in [5, 5.41) is 2.75. The third kappa shape index (κ3) is 4.63. The second kappa shape index (κ2) is 8.52. The fraction of sp³-hybridized carbons (Fsp3) is 0.333. The van der Waals surface area contributed by atoms with Crippen LogP contribution in [-0.2, 0) is 9.53 Å². The second-order valence-corrected chi connectivity index (χ2v) is 6.22. The smallest absolute Gasteiger partial charge is 0.340 e. The third-order valence-electron chi connectivity index (χ3n) is 4.12. The van der Waals surface area contributed by atoms with E-state index in [0.29, 0.717) is 17.0 Å². The van der Waals surface area contributed by atoms with Gasteiger partial charge in [0.25, 0.3) is 5.91 Å². The van der Waals surface area contributed by atoms with E-state index < -0.39 is 12.1 Å². The summed E-state index contributed by atoms with van der Waals surface area (Å²) in [5.41, 5.74) is 3.91. The number of rotatable bonds is 6. The zero-order valence-electron chi connectivity index (χ0n) is 15.9. The van der Waals surface area contributed by atoms with Crippen molar-refractivity contribution in [3.8, 4) is 5.75 Å². The number of carbonyl (C=O) groups is 2. The molecule has 0 heterocycles. The lowest BCUT2D eigenvalue weighted by Gasteiger charge is -2.18. The van der Waals surface area contributed by atoms with Gasteiger partial charge in [0, 0.05) is 0 Å². The van der Waals surface area contributed by atoms with Crippen molar-refractivity contribution < 1.29 is 19.1 Å². The predicted molar refractivity (Wildman–Crippen MR) is 102 cm³/mol. The van der Waals surface area contributed by atoms with Crippen LogP contribution in [0.5, 0.6) is 5.75 Å². The minimum atomic E-state index is -0.717. The Morgan fingerprint density at radius 3 is 2.50 bits per heavy atom. The van der Waals surface area contributed by atoms with Gasteiger partial charge < -0.3 is 14.8 Å². The standard InChI is InChI=1S/C21H25NO4/c1-6-25-21(24)17-9-7-8-10-18(17)22-20(23)16(5)26-19-12-13(2)11-14(3)15(19)4/h7-12,16H,6H2,1-5H3,(H,22,23)/t16-/m1/s1. The maximum atomic E-state index is 12.5. The predicted octanol–water partition coefficient (Wildman–Crippen LogP) is 4.19. The minimum Gasteiger partial charge on any atom is -0.481 e. The summed E-state index contributed by atoms with van der Waals surface area (Å²) in [6.07, 6.45) is -0.717. The number of benzene rings is 2. The molecule has 0 unspecified atom stereocenters. The van der Waals surface area contributed by atoms with E-state index in [9.17, 15) is 9.59 Å². The van der Waals surface area contributed by atoms with Crippen LogP contribution in [0.1, 0.15) is 40.9 Å².